The van der Waals surface area contributed by atoms with Gasteiger partial charge in [-0.15, -0.1) is 0 Å². The number of nitrogens with zero attached hydrogens (tertiary/aromatic N) is 1. The lowest BCUT2D eigenvalue weighted by Gasteiger charge is -2.13. The third kappa shape index (κ3) is 3.90. The highest BCUT2D eigenvalue weighted by Gasteiger charge is 2.07. The fourth-order valence-electron chi connectivity index (χ4n) is 3.84. The van der Waals surface area contributed by atoms with Crippen LogP contribution in [0.2, 0.25) is 0 Å². The summed E-state index contributed by atoms with van der Waals surface area (Å²) in [5.74, 6) is 0.326. The van der Waals surface area contributed by atoms with Gasteiger partial charge in [0.25, 0.3) is 0 Å². The fourth-order valence-corrected chi connectivity index (χ4v) is 3.84. The molecule has 2 heteroatoms. The van der Waals surface area contributed by atoms with E-state index in [0.717, 1.165) is 25.8 Å². The first-order chi connectivity index (χ1) is 13.2. The highest BCUT2D eigenvalue weighted by molar-refractivity contribution is 5.85. The standard InChI is InChI=1S/C25H25NO/c1-19-9-13-23(26(19)18-17-20-10-15-24(27)16-11-20)14-12-22-7-4-6-21-5-2-3-8-25(21)22/h2-11,13,15-16,27H,12,14,17-18H2,1H3. The van der Waals surface area contributed by atoms with Crippen molar-refractivity contribution in [2.75, 3.05) is 0 Å². The van der Waals surface area contributed by atoms with E-state index in [4.69, 9.17) is 0 Å². The van der Waals surface area contributed by atoms with Crippen LogP contribution in [0, 0.1) is 6.92 Å². The van der Waals surface area contributed by atoms with Crippen LogP contribution >= 0.6 is 0 Å². The number of rotatable bonds is 6. The summed E-state index contributed by atoms with van der Waals surface area (Å²) in [7, 11) is 0. The van der Waals surface area contributed by atoms with Crippen molar-refractivity contribution in [2.45, 2.75) is 32.7 Å². The Morgan fingerprint density at radius 1 is 0.741 bits per heavy atom. The van der Waals surface area contributed by atoms with E-state index in [1.807, 2.05) is 12.1 Å². The Labute approximate surface area is 160 Å². The highest BCUT2D eigenvalue weighted by atomic mass is 16.3. The molecule has 0 aliphatic rings. The summed E-state index contributed by atoms with van der Waals surface area (Å²) in [5.41, 5.74) is 5.36. The topological polar surface area (TPSA) is 25.2 Å². The van der Waals surface area contributed by atoms with E-state index in [-0.39, 0.29) is 0 Å². The normalized spacial score (nSPS) is 11.1. The Bertz CT molecular complexity index is 1040. The average Bonchev–Trinajstić information content (AvgIpc) is 3.05. The zero-order valence-electron chi connectivity index (χ0n) is 15.7. The van der Waals surface area contributed by atoms with Crippen LogP contribution in [0.3, 0.4) is 0 Å². The largest absolute Gasteiger partial charge is 0.508 e. The van der Waals surface area contributed by atoms with Crippen LogP contribution in [0.4, 0.5) is 0 Å². The lowest BCUT2D eigenvalue weighted by atomic mass is 10.0. The minimum absolute atomic E-state index is 0.326. The van der Waals surface area contributed by atoms with Gasteiger partial charge in [-0.25, -0.2) is 0 Å². The van der Waals surface area contributed by atoms with Crippen LogP contribution in [0.15, 0.2) is 78.9 Å². The SMILES string of the molecule is Cc1ccc(CCc2cccc3ccccc23)n1CCc1ccc(O)cc1. The molecule has 0 fully saturated rings. The second kappa shape index (κ2) is 7.71. The molecule has 0 radical (unpaired) electrons. The van der Waals surface area contributed by atoms with Gasteiger partial charge in [0.2, 0.25) is 0 Å². The fraction of sp³-hybridized carbons (Fsp3) is 0.200. The number of hydrogen-bond donors (Lipinski definition) is 1. The molecule has 1 heterocycles. The van der Waals surface area contributed by atoms with Gasteiger partial charge in [0.1, 0.15) is 5.75 Å². The van der Waals surface area contributed by atoms with Crippen LogP contribution in [-0.2, 0) is 25.8 Å². The van der Waals surface area contributed by atoms with Gasteiger partial charge < -0.3 is 9.67 Å². The second-order valence-electron chi connectivity index (χ2n) is 7.17. The molecule has 0 aliphatic carbocycles. The number of phenols is 1. The summed E-state index contributed by atoms with van der Waals surface area (Å²) in [4.78, 5) is 0. The molecule has 4 aromatic rings. The summed E-state index contributed by atoms with van der Waals surface area (Å²) in [6.45, 7) is 3.15. The molecule has 4 rings (SSSR count). The summed E-state index contributed by atoms with van der Waals surface area (Å²) in [6, 6.07) is 27.2. The molecule has 0 amide bonds. The van der Waals surface area contributed by atoms with E-state index in [1.165, 1.54) is 33.3 Å². The van der Waals surface area contributed by atoms with E-state index in [0.29, 0.717) is 5.75 Å². The number of benzene rings is 3. The molecular weight excluding hydrogens is 330 g/mol. The van der Waals surface area contributed by atoms with Crippen molar-refractivity contribution in [2.24, 2.45) is 0 Å². The Hall–Kier alpha value is -3.00. The van der Waals surface area contributed by atoms with Gasteiger partial charge in [0.05, 0.1) is 0 Å². The van der Waals surface area contributed by atoms with Crippen molar-refractivity contribution in [3.05, 3.63) is 101 Å². The molecule has 136 valence electrons. The Balaban J connectivity index is 1.49. The first kappa shape index (κ1) is 17.4. The third-order valence-electron chi connectivity index (χ3n) is 5.38. The molecule has 0 saturated heterocycles. The molecule has 1 aromatic heterocycles. The van der Waals surface area contributed by atoms with Gasteiger partial charge in [-0.05, 0) is 72.4 Å². The van der Waals surface area contributed by atoms with Crippen LogP contribution in [0.1, 0.15) is 22.5 Å². The van der Waals surface area contributed by atoms with E-state index in [1.54, 1.807) is 12.1 Å². The van der Waals surface area contributed by atoms with Gasteiger partial charge in [-0.1, -0.05) is 54.6 Å². The molecule has 0 bridgehead atoms. The molecule has 3 aromatic carbocycles. The number of aryl methyl sites for hydroxylation is 4. The third-order valence-corrected chi connectivity index (χ3v) is 5.38. The number of phenolic OH excluding ortho intramolecular Hbond substituents is 1. The lowest BCUT2D eigenvalue weighted by molar-refractivity contribution is 0.475. The van der Waals surface area contributed by atoms with Crippen LogP contribution < -0.4 is 0 Å². The molecular formula is C25H25NO. The smallest absolute Gasteiger partial charge is 0.115 e. The van der Waals surface area contributed by atoms with Gasteiger partial charge in [-0.2, -0.15) is 0 Å². The number of aromatic nitrogens is 1. The Morgan fingerprint density at radius 3 is 2.37 bits per heavy atom. The van der Waals surface area contributed by atoms with Crippen LogP contribution in [0.5, 0.6) is 5.75 Å². The van der Waals surface area contributed by atoms with Crippen molar-refractivity contribution >= 4 is 10.8 Å². The van der Waals surface area contributed by atoms with Gasteiger partial charge in [0, 0.05) is 17.9 Å². The molecule has 0 unspecified atom stereocenters. The molecule has 0 aliphatic heterocycles. The van der Waals surface area contributed by atoms with E-state index in [9.17, 15) is 5.11 Å². The predicted molar refractivity (Wildman–Crippen MR) is 112 cm³/mol. The number of hydrogen-bond acceptors (Lipinski definition) is 1. The Morgan fingerprint density at radius 2 is 1.52 bits per heavy atom. The quantitative estimate of drug-likeness (QED) is 0.473. The maximum atomic E-state index is 9.45. The second-order valence-corrected chi connectivity index (χ2v) is 7.17. The van der Waals surface area contributed by atoms with Gasteiger partial charge in [0.15, 0.2) is 0 Å². The van der Waals surface area contributed by atoms with E-state index < -0.39 is 0 Å². The monoisotopic (exact) mass is 355 g/mol. The van der Waals surface area contributed by atoms with Crippen LogP contribution in [-0.4, -0.2) is 9.67 Å². The van der Waals surface area contributed by atoms with Gasteiger partial charge in [-0.3, -0.25) is 0 Å². The zero-order valence-corrected chi connectivity index (χ0v) is 15.7. The number of aromatic hydroxyl groups is 1. The molecule has 2 nitrogen and oxygen atoms in total. The lowest BCUT2D eigenvalue weighted by Crippen LogP contribution is -2.08. The minimum atomic E-state index is 0.326. The summed E-state index contributed by atoms with van der Waals surface area (Å²) >= 11 is 0. The van der Waals surface area contributed by atoms with Crippen molar-refractivity contribution in [3.8, 4) is 5.75 Å². The molecule has 1 N–H and O–H groups in total. The van der Waals surface area contributed by atoms with Crippen molar-refractivity contribution in [3.63, 3.8) is 0 Å². The molecule has 0 spiro atoms. The predicted octanol–water partition coefficient (Wildman–Crippen LogP) is 5.68. The summed E-state index contributed by atoms with van der Waals surface area (Å²) in [5, 5.41) is 12.1. The Kier molecular flexibility index (Phi) is 4.97. The zero-order chi connectivity index (χ0) is 18.6. The summed E-state index contributed by atoms with van der Waals surface area (Å²) < 4.78 is 2.43. The van der Waals surface area contributed by atoms with Crippen molar-refractivity contribution in [1.29, 1.82) is 0 Å². The molecule has 27 heavy (non-hydrogen) atoms. The van der Waals surface area contributed by atoms with E-state index >= 15 is 0 Å². The summed E-state index contributed by atoms with van der Waals surface area (Å²) in [6.07, 6.45) is 3.05. The number of fused-ring (bicyclic) bond motifs is 1. The maximum Gasteiger partial charge on any atom is 0.115 e. The first-order valence-corrected chi connectivity index (χ1v) is 9.60. The van der Waals surface area contributed by atoms with Crippen LogP contribution in [0.25, 0.3) is 10.8 Å². The van der Waals surface area contributed by atoms with Crippen molar-refractivity contribution in [1.82, 2.24) is 4.57 Å². The highest BCUT2D eigenvalue weighted by Crippen LogP contribution is 2.21. The minimum Gasteiger partial charge on any atom is -0.508 e. The molecule has 0 saturated carbocycles. The van der Waals surface area contributed by atoms with E-state index in [2.05, 4.69) is 66.1 Å². The molecule has 0 atom stereocenters. The first-order valence-electron chi connectivity index (χ1n) is 9.60. The maximum absolute atomic E-state index is 9.45. The van der Waals surface area contributed by atoms with Crippen molar-refractivity contribution < 1.29 is 5.11 Å². The average molecular weight is 355 g/mol. The van der Waals surface area contributed by atoms with Gasteiger partial charge >= 0.3 is 0 Å².